The van der Waals surface area contributed by atoms with E-state index in [4.69, 9.17) is 0 Å². The van der Waals surface area contributed by atoms with Gasteiger partial charge in [0.2, 0.25) is 0 Å². The quantitative estimate of drug-likeness (QED) is 0.735. The number of hydrogen-bond donors (Lipinski definition) is 0. The summed E-state index contributed by atoms with van der Waals surface area (Å²) in [7, 11) is 1.78. The average Bonchev–Trinajstić information content (AvgIpc) is 2.89. The summed E-state index contributed by atoms with van der Waals surface area (Å²) in [5.41, 5.74) is 1.87. The van der Waals surface area contributed by atoms with E-state index in [-0.39, 0.29) is 11.6 Å². The highest BCUT2D eigenvalue weighted by molar-refractivity contribution is 5.75. The van der Waals surface area contributed by atoms with Gasteiger partial charge in [0.1, 0.15) is 5.52 Å². The van der Waals surface area contributed by atoms with Gasteiger partial charge in [-0.2, -0.15) is 5.10 Å². The van der Waals surface area contributed by atoms with Crippen LogP contribution in [-0.2, 0) is 7.05 Å². The summed E-state index contributed by atoms with van der Waals surface area (Å²) in [4.78, 5) is 12.3. The molecule has 1 fully saturated rings. The van der Waals surface area contributed by atoms with Crippen LogP contribution in [0.5, 0.6) is 0 Å². The summed E-state index contributed by atoms with van der Waals surface area (Å²) in [5, 5.41) is 12.4. The van der Waals surface area contributed by atoms with E-state index in [1.54, 1.807) is 11.7 Å². The molecule has 17 heavy (non-hydrogen) atoms. The van der Waals surface area contributed by atoms with Crippen LogP contribution in [0.4, 0.5) is 0 Å². The highest BCUT2D eigenvalue weighted by atomic mass is 16.1. The summed E-state index contributed by atoms with van der Waals surface area (Å²) in [5.74, 6) is 0. The van der Waals surface area contributed by atoms with Gasteiger partial charge in [0.25, 0.3) is 5.56 Å². The lowest BCUT2D eigenvalue weighted by Gasteiger charge is -2.10. The second kappa shape index (κ2) is 3.65. The molecule has 0 saturated heterocycles. The van der Waals surface area contributed by atoms with Crippen LogP contribution in [0.1, 0.15) is 37.4 Å². The molecule has 1 saturated carbocycles. The molecule has 2 heterocycles. The highest BCUT2D eigenvalue weighted by Gasteiger charge is 2.22. The fourth-order valence-electron chi connectivity index (χ4n) is 2.64. The lowest BCUT2D eigenvalue weighted by atomic mass is 10.2. The van der Waals surface area contributed by atoms with Crippen molar-refractivity contribution in [3.8, 4) is 0 Å². The zero-order valence-electron chi connectivity index (χ0n) is 10.1. The first-order chi connectivity index (χ1) is 8.18. The average molecular weight is 233 g/mol. The van der Waals surface area contributed by atoms with Crippen molar-refractivity contribution in [2.75, 3.05) is 0 Å². The third-order valence-electron chi connectivity index (χ3n) is 3.51. The van der Waals surface area contributed by atoms with E-state index in [0.29, 0.717) is 11.0 Å². The van der Waals surface area contributed by atoms with E-state index in [2.05, 4.69) is 15.4 Å². The molecule has 6 heteroatoms. The fourth-order valence-corrected chi connectivity index (χ4v) is 2.64. The number of aromatic nitrogens is 5. The smallest absolute Gasteiger partial charge is 0.265 e. The summed E-state index contributed by atoms with van der Waals surface area (Å²) >= 11 is 0. The molecule has 0 amide bonds. The Bertz CT molecular complexity index is 621. The predicted molar refractivity (Wildman–Crippen MR) is 62.8 cm³/mol. The molecule has 0 spiro atoms. The van der Waals surface area contributed by atoms with E-state index in [9.17, 15) is 4.79 Å². The van der Waals surface area contributed by atoms with Crippen LogP contribution in [0.15, 0.2) is 4.79 Å². The van der Waals surface area contributed by atoms with Crippen molar-refractivity contribution in [1.29, 1.82) is 0 Å². The van der Waals surface area contributed by atoms with Gasteiger partial charge < -0.3 is 0 Å². The van der Waals surface area contributed by atoms with Crippen LogP contribution >= 0.6 is 0 Å². The second-order valence-corrected chi connectivity index (χ2v) is 4.68. The maximum absolute atomic E-state index is 12.3. The second-order valence-electron chi connectivity index (χ2n) is 4.68. The van der Waals surface area contributed by atoms with E-state index in [1.165, 1.54) is 17.5 Å². The molecule has 1 aliphatic carbocycles. The first-order valence-corrected chi connectivity index (χ1v) is 5.97. The van der Waals surface area contributed by atoms with Gasteiger partial charge in [0.15, 0.2) is 5.52 Å². The molecule has 0 unspecified atom stereocenters. The van der Waals surface area contributed by atoms with Crippen LogP contribution in [0, 0.1) is 6.92 Å². The van der Waals surface area contributed by atoms with Crippen molar-refractivity contribution in [3.63, 3.8) is 0 Å². The zero-order chi connectivity index (χ0) is 12.0. The Kier molecular flexibility index (Phi) is 2.24. The van der Waals surface area contributed by atoms with Crippen molar-refractivity contribution < 1.29 is 0 Å². The van der Waals surface area contributed by atoms with Crippen LogP contribution < -0.4 is 5.56 Å². The Morgan fingerprint density at radius 1 is 1.29 bits per heavy atom. The zero-order valence-corrected chi connectivity index (χ0v) is 10.1. The molecule has 2 aromatic heterocycles. The third kappa shape index (κ3) is 1.47. The minimum atomic E-state index is -0.0648. The van der Waals surface area contributed by atoms with Crippen molar-refractivity contribution in [3.05, 3.63) is 16.0 Å². The topological polar surface area (TPSA) is 65.6 Å². The van der Waals surface area contributed by atoms with Gasteiger partial charge in [0, 0.05) is 7.05 Å². The normalized spacial score (nSPS) is 17.1. The monoisotopic (exact) mass is 233 g/mol. The minimum Gasteiger partial charge on any atom is -0.265 e. The molecule has 3 rings (SSSR count). The van der Waals surface area contributed by atoms with Gasteiger partial charge in [0.05, 0.1) is 11.7 Å². The van der Waals surface area contributed by atoms with Gasteiger partial charge in [-0.05, 0) is 19.8 Å². The van der Waals surface area contributed by atoms with Gasteiger partial charge in [-0.25, -0.2) is 4.68 Å². The third-order valence-corrected chi connectivity index (χ3v) is 3.51. The molecule has 6 nitrogen and oxygen atoms in total. The molecule has 0 N–H and O–H groups in total. The SMILES string of the molecule is Cc1nn(C)c2c(=O)n(C3CCCC3)nnc12. The molecular formula is C11H15N5O. The predicted octanol–water partition coefficient (Wildman–Crippen LogP) is 0.949. The van der Waals surface area contributed by atoms with Crippen LogP contribution in [0.3, 0.4) is 0 Å². The standard InChI is InChI=1S/C11H15N5O/c1-7-9-10(15(2)13-7)11(17)16(14-12-9)8-5-3-4-6-8/h8H,3-6H2,1-2H3. The largest absolute Gasteiger partial charge is 0.296 e. The number of fused-ring (bicyclic) bond motifs is 1. The Balaban J connectivity index is 2.25. The first kappa shape index (κ1) is 10.4. The van der Waals surface area contributed by atoms with Gasteiger partial charge in [-0.1, -0.05) is 18.1 Å². The van der Waals surface area contributed by atoms with E-state index < -0.39 is 0 Å². The Morgan fingerprint density at radius 2 is 2.00 bits per heavy atom. The minimum absolute atomic E-state index is 0.0648. The van der Waals surface area contributed by atoms with Gasteiger partial charge in [-0.3, -0.25) is 9.48 Å². The molecule has 0 aliphatic heterocycles. The molecule has 0 bridgehead atoms. The number of aryl methyl sites for hydroxylation is 2. The Hall–Kier alpha value is -1.72. The molecular weight excluding hydrogens is 218 g/mol. The van der Waals surface area contributed by atoms with E-state index in [0.717, 1.165) is 18.5 Å². The molecule has 0 radical (unpaired) electrons. The summed E-state index contributed by atoms with van der Waals surface area (Å²) in [6.07, 6.45) is 4.39. The molecule has 1 aliphatic rings. The number of nitrogens with zero attached hydrogens (tertiary/aromatic N) is 5. The maximum Gasteiger partial charge on any atom is 0.296 e. The van der Waals surface area contributed by atoms with E-state index in [1.807, 2.05) is 6.92 Å². The van der Waals surface area contributed by atoms with Crippen LogP contribution in [0.25, 0.3) is 11.0 Å². The molecule has 0 aromatic carbocycles. The highest BCUT2D eigenvalue weighted by Crippen LogP contribution is 2.27. The first-order valence-electron chi connectivity index (χ1n) is 5.97. The van der Waals surface area contributed by atoms with Crippen molar-refractivity contribution in [1.82, 2.24) is 24.8 Å². The Labute approximate surface area is 98.2 Å². The molecule has 2 aromatic rings. The lowest BCUT2D eigenvalue weighted by molar-refractivity contribution is 0.427. The fraction of sp³-hybridized carbons (Fsp3) is 0.636. The van der Waals surface area contributed by atoms with Crippen molar-refractivity contribution in [2.24, 2.45) is 7.05 Å². The van der Waals surface area contributed by atoms with Crippen molar-refractivity contribution in [2.45, 2.75) is 38.6 Å². The van der Waals surface area contributed by atoms with Crippen LogP contribution in [-0.4, -0.2) is 24.8 Å². The lowest BCUT2D eigenvalue weighted by Crippen LogP contribution is -2.28. The molecule has 0 atom stereocenters. The Morgan fingerprint density at radius 3 is 2.71 bits per heavy atom. The maximum atomic E-state index is 12.3. The van der Waals surface area contributed by atoms with Crippen molar-refractivity contribution >= 4 is 11.0 Å². The van der Waals surface area contributed by atoms with Gasteiger partial charge >= 0.3 is 0 Å². The van der Waals surface area contributed by atoms with Gasteiger partial charge in [-0.15, -0.1) is 5.10 Å². The number of rotatable bonds is 1. The van der Waals surface area contributed by atoms with E-state index >= 15 is 0 Å². The summed E-state index contributed by atoms with van der Waals surface area (Å²) in [6.45, 7) is 1.84. The summed E-state index contributed by atoms with van der Waals surface area (Å²) < 4.78 is 3.14. The molecule has 90 valence electrons. The summed E-state index contributed by atoms with van der Waals surface area (Å²) in [6, 6.07) is 0.217. The van der Waals surface area contributed by atoms with Crippen LogP contribution in [0.2, 0.25) is 0 Å². The number of hydrogen-bond acceptors (Lipinski definition) is 4.